The van der Waals surface area contributed by atoms with Gasteiger partial charge in [-0.1, -0.05) is 174 Å². The molecule has 0 radical (unpaired) electrons. The van der Waals surface area contributed by atoms with E-state index in [2.05, 4.69) is 210 Å². The number of rotatable bonds is 0. The standard InChI is InChI=1S/C53H57N3/c1-46(2,3)50-34-19-13-22-37(31-34)51(47(4,5)6)40-25-16-27-42(54-40)52(48(7,8)9,38-23-14-20-35(50)32-38)44-29-18-30-45(56-44)53(49(10,11)12,39-24-15-21-36(50)33-39)43-28-17-26-41(51)55-43/h13-33H,1-12H3. The fourth-order valence-electron chi connectivity index (χ4n) is 12.2. The third kappa shape index (κ3) is 4.27. The van der Waals surface area contributed by atoms with Gasteiger partial charge in [0, 0.05) is 5.41 Å². The van der Waals surface area contributed by atoms with Crippen molar-refractivity contribution in [2.24, 2.45) is 21.7 Å². The molecule has 0 spiro atoms. The monoisotopic (exact) mass is 735 g/mol. The molecule has 6 aromatic rings. The Bertz CT molecular complexity index is 1980. The summed E-state index contributed by atoms with van der Waals surface area (Å²) in [5.74, 6) is 0. The van der Waals surface area contributed by atoms with Crippen LogP contribution in [-0.4, -0.2) is 15.0 Å². The van der Waals surface area contributed by atoms with Crippen molar-refractivity contribution >= 4 is 0 Å². The molecule has 0 saturated carbocycles. The SMILES string of the molecule is CC(C)(C)C12c3cccc(c3)C3(C(C)(C)C)c4cccc(n4)C(C(C)(C)C)(c4cccc1c4)c1cccc(n1)C(C(C)(C)C)(c1cccc2c1)c1cccc3n1. The first-order valence-corrected chi connectivity index (χ1v) is 20.5. The number of hydrogen-bond donors (Lipinski definition) is 0. The lowest BCUT2D eigenvalue weighted by Crippen LogP contribution is -2.51. The number of hydrogen-bond acceptors (Lipinski definition) is 3. The summed E-state index contributed by atoms with van der Waals surface area (Å²) in [6.07, 6.45) is 0. The van der Waals surface area contributed by atoms with Crippen LogP contribution in [0, 0.1) is 21.7 Å². The molecule has 4 aliphatic heterocycles. The Kier molecular flexibility index (Phi) is 7.46. The number of pyridine rings is 3. The summed E-state index contributed by atoms with van der Waals surface area (Å²) in [5, 5.41) is 0. The predicted molar refractivity (Wildman–Crippen MR) is 229 cm³/mol. The topological polar surface area (TPSA) is 38.7 Å². The lowest BCUT2D eigenvalue weighted by atomic mass is 9.51. The number of aromatic nitrogens is 3. The first-order valence-electron chi connectivity index (χ1n) is 20.5. The molecule has 0 N–H and O–H groups in total. The molecule has 16 bridgehead atoms. The van der Waals surface area contributed by atoms with Crippen LogP contribution >= 0.6 is 0 Å². The molecule has 0 atom stereocenters. The smallest absolute Gasteiger partial charge is 0.0844 e. The zero-order valence-corrected chi connectivity index (χ0v) is 35.5. The minimum atomic E-state index is -0.744. The molecule has 56 heavy (non-hydrogen) atoms. The molecule has 7 heterocycles. The average molecular weight is 736 g/mol. The average Bonchev–Trinajstić information content (AvgIpc) is 3.11. The van der Waals surface area contributed by atoms with Crippen LogP contribution in [0.3, 0.4) is 0 Å². The highest BCUT2D eigenvalue weighted by Crippen LogP contribution is 2.61. The van der Waals surface area contributed by atoms with Gasteiger partial charge in [-0.05, 0) is 91.4 Å². The predicted octanol–water partition coefficient (Wildman–Crippen LogP) is 12.3. The van der Waals surface area contributed by atoms with Gasteiger partial charge < -0.3 is 0 Å². The van der Waals surface area contributed by atoms with Crippen molar-refractivity contribution in [3.8, 4) is 0 Å². The molecular weight excluding hydrogens is 679 g/mol. The molecule has 0 unspecified atom stereocenters. The maximum atomic E-state index is 6.00. The summed E-state index contributed by atoms with van der Waals surface area (Å²) in [4.78, 5) is 18.0. The van der Waals surface area contributed by atoms with Gasteiger partial charge in [-0.25, -0.2) is 0 Å². The van der Waals surface area contributed by atoms with Crippen LogP contribution in [0.15, 0.2) is 127 Å². The van der Waals surface area contributed by atoms with Gasteiger partial charge in [0.1, 0.15) is 0 Å². The van der Waals surface area contributed by atoms with E-state index in [-0.39, 0.29) is 21.7 Å². The zero-order valence-electron chi connectivity index (χ0n) is 35.5. The second-order valence-electron chi connectivity index (χ2n) is 21.0. The third-order valence-electron chi connectivity index (χ3n) is 14.2. The molecule has 4 aliphatic rings. The van der Waals surface area contributed by atoms with Crippen molar-refractivity contribution < 1.29 is 0 Å². The van der Waals surface area contributed by atoms with Gasteiger partial charge in [-0.15, -0.1) is 0 Å². The second-order valence-corrected chi connectivity index (χ2v) is 21.0. The molecule has 0 fully saturated rings. The van der Waals surface area contributed by atoms with E-state index in [0.717, 1.165) is 34.2 Å². The Balaban J connectivity index is 1.73. The van der Waals surface area contributed by atoms with Crippen LogP contribution in [0.1, 0.15) is 151 Å². The van der Waals surface area contributed by atoms with E-state index in [1.807, 2.05) is 0 Å². The summed E-state index contributed by atoms with van der Waals surface area (Å²) in [7, 11) is 0. The van der Waals surface area contributed by atoms with E-state index in [4.69, 9.17) is 15.0 Å². The van der Waals surface area contributed by atoms with Crippen molar-refractivity contribution in [1.82, 2.24) is 15.0 Å². The van der Waals surface area contributed by atoms with Crippen molar-refractivity contribution in [1.29, 1.82) is 0 Å². The van der Waals surface area contributed by atoms with Gasteiger partial charge in [0.15, 0.2) is 0 Å². The van der Waals surface area contributed by atoms with Crippen molar-refractivity contribution in [3.05, 3.63) is 195 Å². The Morgan fingerprint density at radius 1 is 0.268 bits per heavy atom. The van der Waals surface area contributed by atoms with E-state index >= 15 is 0 Å². The van der Waals surface area contributed by atoms with E-state index in [1.54, 1.807) is 0 Å². The van der Waals surface area contributed by atoms with E-state index in [0.29, 0.717) is 0 Å². The first kappa shape index (κ1) is 36.7. The van der Waals surface area contributed by atoms with E-state index in [1.165, 1.54) is 33.4 Å². The highest BCUT2D eigenvalue weighted by atomic mass is 14.9. The number of nitrogens with zero attached hydrogens (tertiary/aromatic N) is 3. The van der Waals surface area contributed by atoms with Crippen molar-refractivity contribution in [3.63, 3.8) is 0 Å². The fraction of sp³-hybridized carbons (Fsp3) is 0.377. The van der Waals surface area contributed by atoms with Gasteiger partial charge in [0.05, 0.1) is 50.4 Å². The first-order chi connectivity index (χ1) is 26.3. The summed E-state index contributed by atoms with van der Waals surface area (Å²) >= 11 is 0. The van der Waals surface area contributed by atoms with Crippen LogP contribution in [0.5, 0.6) is 0 Å². The molecular formula is C53H57N3. The van der Waals surface area contributed by atoms with Gasteiger partial charge in [-0.3, -0.25) is 15.0 Å². The lowest BCUT2D eigenvalue weighted by molar-refractivity contribution is 0.230. The quantitative estimate of drug-likeness (QED) is 0.156. The Labute approximate surface area is 335 Å². The molecule has 3 aromatic heterocycles. The summed E-state index contributed by atoms with van der Waals surface area (Å²) in [6.45, 7) is 28.7. The van der Waals surface area contributed by atoms with Crippen molar-refractivity contribution in [2.75, 3.05) is 0 Å². The molecule has 3 heteroatoms. The third-order valence-corrected chi connectivity index (χ3v) is 14.2. The van der Waals surface area contributed by atoms with Crippen LogP contribution in [0.25, 0.3) is 0 Å². The highest BCUT2D eigenvalue weighted by Gasteiger charge is 2.58. The van der Waals surface area contributed by atoms with Gasteiger partial charge in [0.25, 0.3) is 0 Å². The van der Waals surface area contributed by atoms with E-state index in [9.17, 15) is 0 Å². The minimum Gasteiger partial charge on any atom is -0.255 e. The fourth-order valence-corrected chi connectivity index (χ4v) is 12.2. The molecule has 284 valence electrons. The maximum Gasteiger partial charge on any atom is 0.0844 e. The summed E-state index contributed by atoms with van der Waals surface area (Å²) in [5.41, 5.74) is 9.30. The lowest BCUT2D eigenvalue weighted by Gasteiger charge is -2.53. The Morgan fingerprint density at radius 2 is 0.446 bits per heavy atom. The summed E-state index contributed by atoms with van der Waals surface area (Å²) < 4.78 is 0. The largest absolute Gasteiger partial charge is 0.255 e. The molecule has 0 aliphatic carbocycles. The Hall–Kier alpha value is -4.89. The van der Waals surface area contributed by atoms with Crippen molar-refractivity contribution in [2.45, 2.75) is 105 Å². The minimum absolute atomic E-state index is 0.272. The summed E-state index contributed by atoms with van der Waals surface area (Å²) in [6, 6.07) is 49.0. The van der Waals surface area contributed by atoms with E-state index < -0.39 is 21.7 Å². The van der Waals surface area contributed by atoms with Gasteiger partial charge in [0.2, 0.25) is 0 Å². The molecule has 3 nitrogen and oxygen atoms in total. The molecule has 0 amide bonds. The zero-order chi connectivity index (χ0) is 39.9. The Morgan fingerprint density at radius 3 is 0.643 bits per heavy atom. The van der Waals surface area contributed by atoms with Gasteiger partial charge >= 0.3 is 0 Å². The maximum absolute atomic E-state index is 6.00. The number of benzene rings is 3. The van der Waals surface area contributed by atoms with Crippen LogP contribution in [0.2, 0.25) is 0 Å². The molecule has 10 rings (SSSR count). The second kappa shape index (κ2) is 11.4. The van der Waals surface area contributed by atoms with Crippen LogP contribution in [0.4, 0.5) is 0 Å². The van der Waals surface area contributed by atoms with Gasteiger partial charge in [-0.2, -0.15) is 0 Å². The molecule has 3 aromatic carbocycles. The molecule has 0 saturated heterocycles. The van der Waals surface area contributed by atoms with Crippen LogP contribution in [-0.2, 0) is 21.7 Å². The highest BCUT2D eigenvalue weighted by molar-refractivity contribution is 5.63. The normalized spacial score (nSPS) is 25.1. The van der Waals surface area contributed by atoms with Crippen LogP contribution < -0.4 is 0 Å².